The van der Waals surface area contributed by atoms with Gasteiger partial charge in [-0.05, 0) is 24.1 Å². The topological polar surface area (TPSA) is 54.9 Å². The first-order valence-corrected chi connectivity index (χ1v) is 6.95. The second kappa shape index (κ2) is 10.1. The zero-order valence-electron chi connectivity index (χ0n) is 12.6. The van der Waals surface area contributed by atoms with Crippen LogP contribution in [-0.4, -0.2) is 39.9 Å². The van der Waals surface area contributed by atoms with E-state index >= 15 is 0 Å². The lowest BCUT2D eigenvalue weighted by molar-refractivity contribution is 0.146. The van der Waals surface area contributed by atoms with Crippen molar-refractivity contribution in [2.24, 2.45) is 4.99 Å². The zero-order chi connectivity index (χ0) is 14.6. The molecule has 2 N–H and O–H groups in total. The second-order valence-electron chi connectivity index (χ2n) is 4.34. The van der Waals surface area contributed by atoms with Gasteiger partial charge >= 0.3 is 0 Å². The Morgan fingerprint density at radius 2 is 2.10 bits per heavy atom. The van der Waals surface area contributed by atoms with E-state index in [0.717, 1.165) is 30.2 Å². The Hall–Kier alpha value is -1.75. The van der Waals surface area contributed by atoms with Crippen LogP contribution in [0.25, 0.3) is 0 Å². The van der Waals surface area contributed by atoms with E-state index in [1.165, 1.54) is 0 Å². The standard InChI is InChI=1S/C15H25N3O2/c1-4-8-17-15(16-2)18-12-13-6-5-7-14(11-13)20-10-9-19-3/h5-7,11H,4,8-10,12H2,1-3H3,(H2,16,17,18). The van der Waals surface area contributed by atoms with Gasteiger partial charge in [0.2, 0.25) is 0 Å². The van der Waals surface area contributed by atoms with Crippen LogP contribution in [0.15, 0.2) is 29.3 Å². The average molecular weight is 279 g/mol. The summed E-state index contributed by atoms with van der Waals surface area (Å²) in [4.78, 5) is 4.17. The van der Waals surface area contributed by atoms with Crippen molar-refractivity contribution in [3.8, 4) is 5.75 Å². The van der Waals surface area contributed by atoms with Gasteiger partial charge in [0.25, 0.3) is 0 Å². The fourth-order valence-electron chi connectivity index (χ4n) is 1.64. The van der Waals surface area contributed by atoms with Gasteiger partial charge < -0.3 is 20.1 Å². The smallest absolute Gasteiger partial charge is 0.191 e. The van der Waals surface area contributed by atoms with Crippen LogP contribution >= 0.6 is 0 Å². The van der Waals surface area contributed by atoms with Crippen molar-refractivity contribution in [3.63, 3.8) is 0 Å². The number of rotatable bonds is 8. The van der Waals surface area contributed by atoms with Crippen molar-refractivity contribution >= 4 is 5.96 Å². The van der Waals surface area contributed by atoms with Crippen molar-refractivity contribution in [1.29, 1.82) is 0 Å². The van der Waals surface area contributed by atoms with Gasteiger partial charge in [0.05, 0.1) is 6.61 Å². The molecule has 0 aliphatic heterocycles. The Labute approximate surface area is 121 Å². The molecule has 0 fully saturated rings. The molecule has 0 spiro atoms. The van der Waals surface area contributed by atoms with Gasteiger partial charge in [0.15, 0.2) is 5.96 Å². The lowest BCUT2D eigenvalue weighted by Gasteiger charge is -2.12. The summed E-state index contributed by atoms with van der Waals surface area (Å²) >= 11 is 0. The molecule has 0 amide bonds. The fourth-order valence-corrected chi connectivity index (χ4v) is 1.64. The SMILES string of the molecule is CCCNC(=NC)NCc1cccc(OCCOC)c1. The van der Waals surface area contributed by atoms with Crippen LogP contribution in [0.3, 0.4) is 0 Å². The summed E-state index contributed by atoms with van der Waals surface area (Å²) in [6.07, 6.45) is 1.07. The molecule has 1 rings (SSSR count). The van der Waals surface area contributed by atoms with Crippen molar-refractivity contribution in [1.82, 2.24) is 10.6 Å². The van der Waals surface area contributed by atoms with E-state index in [2.05, 4.69) is 28.6 Å². The summed E-state index contributed by atoms with van der Waals surface area (Å²) in [6, 6.07) is 8.02. The van der Waals surface area contributed by atoms with Crippen LogP contribution in [0.1, 0.15) is 18.9 Å². The number of nitrogens with one attached hydrogen (secondary N) is 2. The predicted octanol–water partition coefficient (Wildman–Crippen LogP) is 1.79. The maximum atomic E-state index is 5.59. The van der Waals surface area contributed by atoms with Crippen molar-refractivity contribution in [3.05, 3.63) is 29.8 Å². The highest BCUT2D eigenvalue weighted by Crippen LogP contribution is 2.13. The van der Waals surface area contributed by atoms with Gasteiger partial charge in [-0.1, -0.05) is 19.1 Å². The first kappa shape index (κ1) is 16.3. The van der Waals surface area contributed by atoms with Crippen molar-refractivity contribution < 1.29 is 9.47 Å². The molecule has 0 aromatic heterocycles. The number of ether oxygens (including phenoxy) is 2. The Morgan fingerprint density at radius 1 is 1.25 bits per heavy atom. The molecule has 20 heavy (non-hydrogen) atoms. The number of guanidine groups is 1. The molecule has 5 nitrogen and oxygen atoms in total. The van der Waals surface area contributed by atoms with Gasteiger partial charge in [0, 0.05) is 27.2 Å². The summed E-state index contributed by atoms with van der Waals surface area (Å²) in [7, 11) is 3.44. The molecular formula is C15H25N3O2. The molecule has 0 saturated heterocycles. The number of nitrogens with zero attached hydrogens (tertiary/aromatic N) is 1. The molecule has 0 radical (unpaired) electrons. The molecule has 0 aliphatic carbocycles. The molecular weight excluding hydrogens is 254 g/mol. The third-order valence-electron chi connectivity index (χ3n) is 2.68. The summed E-state index contributed by atoms with van der Waals surface area (Å²) in [5.74, 6) is 1.68. The van der Waals surface area contributed by atoms with Crippen molar-refractivity contribution in [2.75, 3.05) is 33.9 Å². The molecule has 0 unspecified atom stereocenters. The minimum Gasteiger partial charge on any atom is -0.491 e. The number of aliphatic imine (C=N–C) groups is 1. The molecule has 1 aromatic rings. The summed E-state index contributed by atoms with van der Waals surface area (Å²) in [5, 5.41) is 6.51. The molecule has 0 aliphatic rings. The van der Waals surface area contributed by atoms with Crippen molar-refractivity contribution in [2.45, 2.75) is 19.9 Å². The summed E-state index contributed by atoms with van der Waals surface area (Å²) in [6.45, 7) is 4.91. The largest absolute Gasteiger partial charge is 0.491 e. The Morgan fingerprint density at radius 3 is 2.80 bits per heavy atom. The van der Waals surface area contributed by atoms with Gasteiger partial charge in [0.1, 0.15) is 12.4 Å². The van der Waals surface area contributed by atoms with E-state index in [1.54, 1.807) is 14.2 Å². The Bertz CT molecular complexity index is 408. The van der Waals surface area contributed by atoms with E-state index in [9.17, 15) is 0 Å². The monoisotopic (exact) mass is 279 g/mol. The van der Waals surface area contributed by atoms with Gasteiger partial charge in [-0.15, -0.1) is 0 Å². The normalized spacial score (nSPS) is 11.2. The predicted molar refractivity (Wildman–Crippen MR) is 82.3 cm³/mol. The minimum atomic E-state index is 0.563. The minimum absolute atomic E-state index is 0.563. The lowest BCUT2D eigenvalue weighted by Crippen LogP contribution is -2.37. The van der Waals surface area contributed by atoms with Crippen LogP contribution in [0.4, 0.5) is 0 Å². The maximum Gasteiger partial charge on any atom is 0.191 e. The third-order valence-corrected chi connectivity index (χ3v) is 2.68. The number of hydrogen-bond acceptors (Lipinski definition) is 3. The molecule has 5 heteroatoms. The maximum absolute atomic E-state index is 5.59. The van der Waals surface area contributed by atoms with E-state index in [0.29, 0.717) is 19.8 Å². The molecule has 0 saturated carbocycles. The fraction of sp³-hybridized carbons (Fsp3) is 0.533. The summed E-state index contributed by atoms with van der Waals surface area (Å²) < 4.78 is 10.5. The van der Waals surface area contributed by atoms with Crippen LogP contribution in [-0.2, 0) is 11.3 Å². The molecule has 1 aromatic carbocycles. The Kier molecular flexibility index (Phi) is 8.22. The Balaban J connectivity index is 2.44. The molecule has 0 heterocycles. The number of methoxy groups -OCH3 is 1. The molecule has 0 bridgehead atoms. The lowest BCUT2D eigenvalue weighted by atomic mass is 10.2. The van der Waals surface area contributed by atoms with Crippen LogP contribution in [0.5, 0.6) is 5.75 Å². The van der Waals surface area contributed by atoms with E-state index in [-0.39, 0.29) is 0 Å². The van der Waals surface area contributed by atoms with E-state index in [1.807, 2.05) is 18.2 Å². The van der Waals surface area contributed by atoms with Gasteiger partial charge in [-0.3, -0.25) is 4.99 Å². The quantitative estimate of drug-likeness (QED) is 0.433. The highest BCUT2D eigenvalue weighted by molar-refractivity contribution is 5.79. The molecule has 112 valence electrons. The molecule has 0 atom stereocenters. The van der Waals surface area contributed by atoms with Gasteiger partial charge in [-0.2, -0.15) is 0 Å². The highest BCUT2D eigenvalue weighted by Gasteiger charge is 1.99. The average Bonchev–Trinajstić information content (AvgIpc) is 2.48. The number of hydrogen-bond donors (Lipinski definition) is 2. The van der Waals surface area contributed by atoms with E-state index < -0.39 is 0 Å². The zero-order valence-corrected chi connectivity index (χ0v) is 12.6. The van der Waals surface area contributed by atoms with Crippen LogP contribution < -0.4 is 15.4 Å². The second-order valence-corrected chi connectivity index (χ2v) is 4.34. The van der Waals surface area contributed by atoms with Crippen LogP contribution in [0.2, 0.25) is 0 Å². The first-order chi connectivity index (χ1) is 9.80. The highest BCUT2D eigenvalue weighted by atomic mass is 16.5. The number of benzene rings is 1. The third kappa shape index (κ3) is 6.43. The summed E-state index contributed by atoms with van der Waals surface area (Å²) in [5.41, 5.74) is 1.15. The van der Waals surface area contributed by atoms with Gasteiger partial charge in [-0.25, -0.2) is 0 Å². The van der Waals surface area contributed by atoms with Crippen LogP contribution in [0, 0.1) is 0 Å². The first-order valence-electron chi connectivity index (χ1n) is 6.95. The van der Waals surface area contributed by atoms with E-state index in [4.69, 9.17) is 9.47 Å².